The molecule has 0 aliphatic carbocycles. The van der Waals surface area contributed by atoms with Gasteiger partial charge in [0.15, 0.2) is 0 Å². The van der Waals surface area contributed by atoms with Crippen LogP contribution < -0.4 is 4.90 Å². The molecule has 2 fully saturated rings. The Kier molecular flexibility index (Phi) is 2.11. The molecule has 1 unspecified atom stereocenters. The Labute approximate surface area is 89.1 Å². The van der Waals surface area contributed by atoms with Gasteiger partial charge in [0.05, 0.1) is 24.6 Å². The van der Waals surface area contributed by atoms with E-state index in [1.54, 1.807) is 6.20 Å². The van der Waals surface area contributed by atoms with Crippen LogP contribution in [0.4, 0.5) is 5.69 Å². The molecule has 0 bridgehead atoms. The molecule has 2 aliphatic rings. The summed E-state index contributed by atoms with van der Waals surface area (Å²) in [6.45, 7) is 1.94. The van der Waals surface area contributed by atoms with Crippen molar-refractivity contribution in [3.05, 3.63) is 24.5 Å². The normalized spacial score (nSPS) is 30.9. The van der Waals surface area contributed by atoms with Crippen molar-refractivity contribution in [3.63, 3.8) is 0 Å². The van der Waals surface area contributed by atoms with E-state index in [0.717, 1.165) is 25.3 Å². The Balaban J connectivity index is 1.85. The van der Waals surface area contributed by atoms with Gasteiger partial charge in [-0.05, 0) is 25.0 Å². The van der Waals surface area contributed by atoms with Crippen LogP contribution in [0, 0.1) is 0 Å². The number of anilines is 1. The quantitative estimate of drug-likeness (QED) is 0.730. The van der Waals surface area contributed by atoms with E-state index in [-0.39, 0.29) is 6.23 Å². The van der Waals surface area contributed by atoms with Gasteiger partial charge in [-0.1, -0.05) is 0 Å². The zero-order valence-corrected chi connectivity index (χ0v) is 8.58. The molecule has 0 radical (unpaired) electrons. The molecule has 0 amide bonds. The van der Waals surface area contributed by atoms with Gasteiger partial charge in [-0.3, -0.25) is 9.88 Å². The molecule has 1 N–H and O–H groups in total. The SMILES string of the molecule is OC1[C@@H]2CCCN2CN1c1cccnc1. The average molecular weight is 205 g/mol. The fourth-order valence-corrected chi connectivity index (χ4v) is 2.61. The maximum absolute atomic E-state index is 10.2. The monoisotopic (exact) mass is 205 g/mol. The molecule has 2 aliphatic heterocycles. The molecule has 4 heteroatoms. The first-order valence-corrected chi connectivity index (χ1v) is 5.45. The number of hydrogen-bond donors (Lipinski definition) is 1. The van der Waals surface area contributed by atoms with Crippen molar-refractivity contribution < 1.29 is 5.11 Å². The largest absolute Gasteiger partial charge is 0.372 e. The van der Waals surface area contributed by atoms with Gasteiger partial charge < -0.3 is 10.0 Å². The van der Waals surface area contributed by atoms with Crippen LogP contribution in [0.5, 0.6) is 0 Å². The molecule has 0 aromatic carbocycles. The second kappa shape index (κ2) is 3.47. The van der Waals surface area contributed by atoms with Crippen LogP contribution in [0.3, 0.4) is 0 Å². The average Bonchev–Trinajstić information content (AvgIpc) is 2.83. The highest BCUT2D eigenvalue weighted by atomic mass is 16.3. The van der Waals surface area contributed by atoms with Gasteiger partial charge in [0.2, 0.25) is 0 Å². The van der Waals surface area contributed by atoms with Gasteiger partial charge in [0, 0.05) is 12.7 Å². The maximum atomic E-state index is 10.2. The van der Waals surface area contributed by atoms with Crippen molar-refractivity contribution in [1.82, 2.24) is 9.88 Å². The summed E-state index contributed by atoms with van der Waals surface area (Å²) in [6, 6.07) is 4.23. The third-order valence-electron chi connectivity index (χ3n) is 3.39. The van der Waals surface area contributed by atoms with Gasteiger partial charge in [-0.2, -0.15) is 0 Å². The highest BCUT2D eigenvalue weighted by Crippen LogP contribution is 2.31. The van der Waals surface area contributed by atoms with Crippen molar-refractivity contribution in [2.24, 2.45) is 0 Å². The van der Waals surface area contributed by atoms with E-state index in [0.29, 0.717) is 6.04 Å². The fraction of sp³-hybridized carbons (Fsp3) is 0.545. The van der Waals surface area contributed by atoms with E-state index in [1.807, 2.05) is 23.2 Å². The van der Waals surface area contributed by atoms with Crippen molar-refractivity contribution in [3.8, 4) is 0 Å². The predicted molar refractivity (Wildman–Crippen MR) is 57.3 cm³/mol. The number of aromatic nitrogens is 1. The molecule has 15 heavy (non-hydrogen) atoms. The molecule has 80 valence electrons. The third-order valence-corrected chi connectivity index (χ3v) is 3.39. The number of aliphatic hydroxyl groups is 1. The lowest BCUT2D eigenvalue weighted by atomic mass is 10.2. The topological polar surface area (TPSA) is 39.6 Å². The molecule has 4 nitrogen and oxygen atoms in total. The smallest absolute Gasteiger partial charge is 0.143 e. The van der Waals surface area contributed by atoms with E-state index in [1.165, 1.54) is 6.42 Å². The van der Waals surface area contributed by atoms with Crippen molar-refractivity contribution in [1.29, 1.82) is 0 Å². The summed E-state index contributed by atoms with van der Waals surface area (Å²) >= 11 is 0. The summed E-state index contributed by atoms with van der Waals surface area (Å²) in [7, 11) is 0. The van der Waals surface area contributed by atoms with Crippen LogP contribution in [0.2, 0.25) is 0 Å². The summed E-state index contributed by atoms with van der Waals surface area (Å²) in [5.41, 5.74) is 1.01. The van der Waals surface area contributed by atoms with Crippen molar-refractivity contribution >= 4 is 5.69 Å². The molecule has 2 atom stereocenters. The first-order valence-electron chi connectivity index (χ1n) is 5.45. The van der Waals surface area contributed by atoms with Gasteiger partial charge in [-0.15, -0.1) is 0 Å². The van der Waals surface area contributed by atoms with Crippen LogP contribution in [0.15, 0.2) is 24.5 Å². The Hall–Kier alpha value is -1.13. The fourth-order valence-electron chi connectivity index (χ4n) is 2.61. The summed E-state index contributed by atoms with van der Waals surface area (Å²) < 4.78 is 0. The molecule has 1 aromatic heterocycles. The Bertz CT molecular complexity index is 343. The molecule has 0 saturated carbocycles. The molecular weight excluding hydrogens is 190 g/mol. The third kappa shape index (κ3) is 1.41. The minimum atomic E-state index is -0.364. The molecule has 1 aromatic rings. The number of fused-ring (bicyclic) bond motifs is 1. The molecule has 3 rings (SSSR count). The Morgan fingerprint density at radius 1 is 1.47 bits per heavy atom. The number of nitrogens with zero attached hydrogens (tertiary/aromatic N) is 3. The minimum absolute atomic E-state index is 0.324. The summed E-state index contributed by atoms with van der Waals surface area (Å²) in [5, 5.41) is 10.2. The lowest BCUT2D eigenvalue weighted by Gasteiger charge is -2.23. The second-order valence-corrected chi connectivity index (χ2v) is 4.26. The van der Waals surface area contributed by atoms with E-state index in [9.17, 15) is 5.11 Å². The lowest BCUT2D eigenvalue weighted by molar-refractivity contribution is 0.137. The Morgan fingerprint density at radius 2 is 2.40 bits per heavy atom. The zero-order valence-electron chi connectivity index (χ0n) is 8.58. The summed E-state index contributed by atoms with van der Waals surface area (Å²) in [4.78, 5) is 8.46. The first-order chi connectivity index (χ1) is 7.36. The summed E-state index contributed by atoms with van der Waals surface area (Å²) in [6.07, 6.45) is 5.52. The van der Waals surface area contributed by atoms with Gasteiger partial charge in [0.25, 0.3) is 0 Å². The Morgan fingerprint density at radius 3 is 3.13 bits per heavy atom. The molecule has 3 heterocycles. The summed E-state index contributed by atoms with van der Waals surface area (Å²) in [5.74, 6) is 0. The predicted octanol–water partition coefficient (Wildman–Crippen LogP) is 0.642. The standard InChI is InChI=1S/C11H15N3O/c15-11-10-4-2-6-13(10)8-14(11)9-3-1-5-12-7-9/h1,3,5,7,10-11,15H,2,4,6,8H2/t10-,11?/m0/s1. The van der Waals surface area contributed by atoms with Gasteiger partial charge in [-0.25, -0.2) is 0 Å². The van der Waals surface area contributed by atoms with E-state index >= 15 is 0 Å². The molecular formula is C11H15N3O. The zero-order chi connectivity index (χ0) is 10.3. The van der Waals surface area contributed by atoms with Crippen LogP contribution in [0.25, 0.3) is 0 Å². The first kappa shape index (κ1) is 9.12. The van der Waals surface area contributed by atoms with E-state index in [2.05, 4.69) is 9.88 Å². The lowest BCUT2D eigenvalue weighted by Crippen LogP contribution is -2.34. The number of hydrogen-bond acceptors (Lipinski definition) is 4. The minimum Gasteiger partial charge on any atom is -0.372 e. The second-order valence-electron chi connectivity index (χ2n) is 4.26. The number of rotatable bonds is 1. The van der Waals surface area contributed by atoms with Crippen LogP contribution in [-0.4, -0.2) is 40.5 Å². The highest BCUT2D eigenvalue weighted by Gasteiger charge is 2.41. The van der Waals surface area contributed by atoms with E-state index < -0.39 is 0 Å². The van der Waals surface area contributed by atoms with Crippen LogP contribution in [-0.2, 0) is 0 Å². The highest BCUT2D eigenvalue weighted by molar-refractivity contribution is 5.45. The maximum Gasteiger partial charge on any atom is 0.143 e. The van der Waals surface area contributed by atoms with Crippen molar-refractivity contribution in [2.45, 2.75) is 25.1 Å². The number of aliphatic hydroxyl groups excluding tert-OH is 1. The van der Waals surface area contributed by atoms with Crippen molar-refractivity contribution in [2.75, 3.05) is 18.1 Å². The van der Waals surface area contributed by atoms with Crippen LogP contribution in [0.1, 0.15) is 12.8 Å². The van der Waals surface area contributed by atoms with Gasteiger partial charge >= 0.3 is 0 Å². The van der Waals surface area contributed by atoms with Crippen LogP contribution >= 0.6 is 0 Å². The molecule has 2 saturated heterocycles. The van der Waals surface area contributed by atoms with E-state index in [4.69, 9.17) is 0 Å². The van der Waals surface area contributed by atoms with Gasteiger partial charge in [0.1, 0.15) is 6.23 Å². The number of pyridine rings is 1. The molecule has 0 spiro atoms.